The molecule has 5 aromatic rings. The lowest BCUT2D eigenvalue weighted by atomic mass is 9.92. The van der Waals surface area contributed by atoms with Crippen molar-refractivity contribution < 1.29 is 13.5 Å². The second-order valence-electron chi connectivity index (χ2n) is 10.0. The van der Waals surface area contributed by atoms with E-state index in [1.54, 1.807) is 11.4 Å². The molecule has 0 spiro atoms. The maximum absolute atomic E-state index is 12.7. The number of thioether (sulfide) groups is 1. The normalized spacial score (nSPS) is 12.0. The van der Waals surface area contributed by atoms with Gasteiger partial charge in [-0.25, -0.2) is 0 Å². The van der Waals surface area contributed by atoms with Crippen LogP contribution in [0.2, 0.25) is 0 Å². The SMILES string of the molecule is O=S(=O)(/N=C(\[O-])CCc1cc(Cc2ccccc2)ccc1-c1ccc(CSCCc2ccccc2)cc1)c1cccs1. The van der Waals surface area contributed by atoms with Gasteiger partial charge >= 0.3 is 0 Å². The Morgan fingerprint density at radius 3 is 2.12 bits per heavy atom. The first-order valence-electron chi connectivity index (χ1n) is 13.9. The van der Waals surface area contributed by atoms with Crippen molar-refractivity contribution in [1.29, 1.82) is 0 Å². The molecule has 0 atom stereocenters. The summed E-state index contributed by atoms with van der Waals surface area (Å²) in [6, 6.07) is 38.9. The summed E-state index contributed by atoms with van der Waals surface area (Å²) >= 11 is 2.99. The number of rotatable bonds is 13. The molecule has 1 heterocycles. The van der Waals surface area contributed by atoms with Gasteiger partial charge in [0.1, 0.15) is 4.21 Å². The molecule has 0 bridgehead atoms. The molecule has 0 fully saturated rings. The molecule has 0 N–H and O–H groups in total. The minimum absolute atomic E-state index is 0.0164. The van der Waals surface area contributed by atoms with Gasteiger partial charge in [-0.2, -0.15) is 24.6 Å². The van der Waals surface area contributed by atoms with Gasteiger partial charge in [0.05, 0.1) is 0 Å². The zero-order valence-electron chi connectivity index (χ0n) is 23.2. The fraction of sp³-hybridized carbons (Fsp3) is 0.171. The number of hydrogen-bond donors (Lipinski definition) is 0. The molecule has 0 aliphatic heterocycles. The highest BCUT2D eigenvalue weighted by molar-refractivity contribution is 7.98. The fourth-order valence-corrected chi connectivity index (χ4v) is 7.62. The summed E-state index contributed by atoms with van der Waals surface area (Å²) in [5, 5.41) is 14.3. The lowest BCUT2D eigenvalue weighted by molar-refractivity contribution is -0.218. The Balaban J connectivity index is 1.30. The van der Waals surface area contributed by atoms with E-state index in [2.05, 4.69) is 83.3 Å². The Labute approximate surface area is 256 Å². The second kappa shape index (κ2) is 14.5. The van der Waals surface area contributed by atoms with E-state index in [9.17, 15) is 13.5 Å². The first-order chi connectivity index (χ1) is 20.5. The van der Waals surface area contributed by atoms with E-state index < -0.39 is 15.9 Å². The molecule has 214 valence electrons. The number of benzene rings is 4. The van der Waals surface area contributed by atoms with Crippen LogP contribution in [0.15, 0.2) is 129 Å². The largest absolute Gasteiger partial charge is 0.861 e. The Morgan fingerprint density at radius 1 is 0.738 bits per heavy atom. The zero-order chi connectivity index (χ0) is 29.2. The van der Waals surface area contributed by atoms with Crippen LogP contribution in [0, 0.1) is 0 Å². The summed E-state index contributed by atoms with van der Waals surface area (Å²) in [4.78, 5) is 0. The molecule has 0 unspecified atom stereocenters. The topological polar surface area (TPSA) is 69.6 Å². The third kappa shape index (κ3) is 8.44. The Kier molecular flexibility index (Phi) is 10.3. The molecule has 4 nitrogen and oxygen atoms in total. The average molecular weight is 611 g/mol. The fourth-order valence-electron chi connectivity index (χ4n) is 4.76. The van der Waals surface area contributed by atoms with Gasteiger partial charge in [0.15, 0.2) is 0 Å². The van der Waals surface area contributed by atoms with Crippen molar-refractivity contribution >= 4 is 39.0 Å². The average Bonchev–Trinajstić information content (AvgIpc) is 3.56. The second-order valence-corrected chi connectivity index (χ2v) is 13.9. The van der Waals surface area contributed by atoms with Crippen molar-refractivity contribution in [3.05, 3.63) is 148 Å². The first kappa shape index (κ1) is 29.8. The quantitative estimate of drug-likeness (QED) is 0.0784. The molecule has 1 aromatic heterocycles. The highest BCUT2D eigenvalue weighted by atomic mass is 32.2. The van der Waals surface area contributed by atoms with Crippen LogP contribution in [0.1, 0.15) is 34.2 Å². The summed E-state index contributed by atoms with van der Waals surface area (Å²) in [5.74, 6) is 1.39. The standard InChI is InChI=1S/C35H33NO3S3/c37-34(36-42(38,39)35-12-7-22-41-35)20-18-32-25-30(24-28-10-5-2-6-11-28)15-19-33(32)31-16-13-29(14-17-31)26-40-23-21-27-8-3-1-4-9-27/h1-17,19,22,25H,18,20-21,23-24,26H2,(H,36,37)/p-1. The van der Waals surface area contributed by atoms with Crippen molar-refractivity contribution in [2.75, 3.05) is 5.75 Å². The Hall–Kier alpha value is -3.65. The van der Waals surface area contributed by atoms with Crippen molar-refractivity contribution in [1.82, 2.24) is 0 Å². The molecule has 0 saturated carbocycles. The highest BCUT2D eigenvalue weighted by Crippen LogP contribution is 2.28. The third-order valence-corrected chi connectivity index (χ3v) is 10.6. The first-order valence-corrected chi connectivity index (χ1v) is 17.3. The van der Waals surface area contributed by atoms with Gasteiger partial charge in [-0.05, 0) is 87.7 Å². The number of aryl methyl sites for hydroxylation is 2. The number of hydrogen-bond acceptors (Lipinski definition) is 5. The van der Waals surface area contributed by atoms with E-state index in [0.717, 1.165) is 57.9 Å². The van der Waals surface area contributed by atoms with Crippen LogP contribution in [0.5, 0.6) is 0 Å². The number of thiophene rings is 1. The van der Waals surface area contributed by atoms with Crippen LogP contribution in [-0.2, 0) is 35.0 Å². The van der Waals surface area contributed by atoms with Crippen molar-refractivity contribution in [3.63, 3.8) is 0 Å². The van der Waals surface area contributed by atoms with Gasteiger partial charge in [-0.1, -0.05) is 109 Å². The Morgan fingerprint density at radius 2 is 1.43 bits per heavy atom. The zero-order valence-corrected chi connectivity index (χ0v) is 25.6. The maximum Gasteiger partial charge on any atom is 0.290 e. The van der Waals surface area contributed by atoms with Gasteiger partial charge in [0.2, 0.25) is 0 Å². The van der Waals surface area contributed by atoms with Crippen LogP contribution >= 0.6 is 23.1 Å². The molecule has 0 aliphatic rings. The van der Waals surface area contributed by atoms with E-state index in [4.69, 9.17) is 0 Å². The van der Waals surface area contributed by atoms with E-state index in [0.29, 0.717) is 6.42 Å². The smallest absolute Gasteiger partial charge is 0.290 e. The summed E-state index contributed by atoms with van der Waals surface area (Å²) < 4.78 is 28.6. The summed E-state index contributed by atoms with van der Waals surface area (Å²) in [6.07, 6.45) is 2.25. The van der Waals surface area contributed by atoms with Gasteiger partial charge in [0.25, 0.3) is 10.0 Å². The molecule has 0 aliphatic carbocycles. The van der Waals surface area contributed by atoms with Gasteiger partial charge in [-0.15, -0.1) is 11.3 Å². The van der Waals surface area contributed by atoms with Crippen LogP contribution in [-0.4, -0.2) is 20.1 Å². The molecule has 5 rings (SSSR count). The van der Waals surface area contributed by atoms with Crippen LogP contribution in [0.3, 0.4) is 0 Å². The van der Waals surface area contributed by atoms with Crippen LogP contribution in [0.25, 0.3) is 11.1 Å². The van der Waals surface area contributed by atoms with Gasteiger partial charge < -0.3 is 5.11 Å². The summed E-state index contributed by atoms with van der Waals surface area (Å²) in [5.41, 5.74) is 8.10. The minimum atomic E-state index is -3.97. The highest BCUT2D eigenvalue weighted by Gasteiger charge is 2.14. The molecule has 42 heavy (non-hydrogen) atoms. The Bertz CT molecular complexity index is 1700. The van der Waals surface area contributed by atoms with Crippen LogP contribution < -0.4 is 5.11 Å². The summed E-state index contributed by atoms with van der Waals surface area (Å²) in [7, 11) is -3.97. The van der Waals surface area contributed by atoms with Crippen molar-refractivity contribution in [2.45, 2.75) is 35.6 Å². The van der Waals surface area contributed by atoms with Gasteiger partial charge in [0, 0.05) is 5.75 Å². The van der Waals surface area contributed by atoms with Crippen molar-refractivity contribution in [3.8, 4) is 11.1 Å². The molecule has 0 saturated heterocycles. The van der Waals surface area contributed by atoms with Gasteiger partial charge in [-0.3, -0.25) is 0 Å². The summed E-state index contributed by atoms with van der Waals surface area (Å²) in [6.45, 7) is 0. The molecule has 4 aromatic carbocycles. The predicted octanol–water partition coefficient (Wildman–Crippen LogP) is 7.56. The lowest BCUT2D eigenvalue weighted by Gasteiger charge is -2.15. The molecular formula is C35H32NO3S3-. The van der Waals surface area contributed by atoms with E-state index in [1.807, 2.05) is 36.0 Å². The monoisotopic (exact) mass is 610 g/mol. The lowest BCUT2D eigenvalue weighted by Crippen LogP contribution is -2.20. The number of sulfonamides is 1. The molecule has 7 heteroatoms. The predicted molar refractivity (Wildman–Crippen MR) is 175 cm³/mol. The van der Waals surface area contributed by atoms with Crippen LogP contribution in [0.4, 0.5) is 0 Å². The molecule has 0 radical (unpaired) electrons. The van der Waals surface area contributed by atoms with E-state index >= 15 is 0 Å². The maximum atomic E-state index is 12.7. The molecular weight excluding hydrogens is 579 g/mol. The van der Waals surface area contributed by atoms with E-state index in [1.165, 1.54) is 22.8 Å². The van der Waals surface area contributed by atoms with E-state index in [-0.39, 0.29) is 10.6 Å². The third-order valence-electron chi connectivity index (χ3n) is 6.91. The minimum Gasteiger partial charge on any atom is -0.861 e. The number of nitrogens with zero attached hydrogens (tertiary/aromatic N) is 1. The van der Waals surface area contributed by atoms with Crippen molar-refractivity contribution in [2.24, 2.45) is 4.40 Å². The molecule has 0 amide bonds.